The van der Waals surface area contributed by atoms with Crippen LogP contribution in [0.5, 0.6) is 11.5 Å². The van der Waals surface area contributed by atoms with Gasteiger partial charge in [0.1, 0.15) is 24.0 Å². The Hall–Kier alpha value is -8.67. The molecule has 0 amide bonds. The summed E-state index contributed by atoms with van der Waals surface area (Å²) < 4.78 is 9.61. The normalized spacial score (nSPS) is 13.4. The molecule has 2 aromatic heterocycles. The topological polar surface area (TPSA) is 33.5 Å². The summed E-state index contributed by atoms with van der Waals surface area (Å²) in [6.45, 7) is 28.2. The Bertz CT molecular complexity index is 4270. The molecule has 5 nitrogen and oxygen atoms in total. The Labute approximate surface area is 479 Å². The number of pyridine rings is 1. The maximum atomic E-state index is 7.24. The summed E-state index contributed by atoms with van der Waals surface area (Å²) in [5.41, 5.74) is 22.5. The van der Waals surface area contributed by atoms with Crippen molar-refractivity contribution >= 4 is 44.6 Å². The van der Waals surface area contributed by atoms with Gasteiger partial charge in [0.15, 0.2) is 0 Å². The number of benzene rings is 9. The van der Waals surface area contributed by atoms with E-state index >= 15 is 0 Å². The third-order valence-electron chi connectivity index (χ3n) is 16.8. The summed E-state index contributed by atoms with van der Waals surface area (Å²) in [6, 6.07) is 76.9. The Morgan fingerprint density at radius 3 is 1.68 bits per heavy atom. The van der Waals surface area contributed by atoms with E-state index in [0.717, 1.165) is 78.6 Å². The largest absolute Gasteiger partial charge is 0.457 e. The third-order valence-corrected chi connectivity index (χ3v) is 16.8. The van der Waals surface area contributed by atoms with Crippen molar-refractivity contribution in [3.8, 4) is 73.1 Å². The van der Waals surface area contributed by atoms with Crippen molar-refractivity contribution < 1.29 is 4.74 Å². The van der Waals surface area contributed by atoms with Gasteiger partial charge in [-0.15, -0.1) is 0 Å². The molecule has 0 saturated carbocycles. The van der Waals surface area contributed by atoms with Gasteiger partial charge in [0, 0.05) is 45.3 Å². The number of rotatable bonds is 2. The predicted octanol–water partition coefficient (Wildman–Crippen LogP) is 21.1. The molecule has 0 saturated heterocycles. The van der Waals surface area contributed by atoms with E-state index in [1.807, 2.05) is 0 Å². The van der Waals surface area contributed by atoms with Crippen molar-refractivity contribution in [1.29, 1.82) is 0 Å². The highest BCUT2D eigenvalue weighted by atomic mass is 16.5. The second-order valence-electron chi connectivity index (χ2n) is 26.6. The lowest BCUT2D eigenvalue weighted by atomic mass is 9.81. The Morgan fingerprint density at radius 2 is 0.963 bits per heavy atom. The summed E-state index contributed by atoms with van der Waals surface area (Å²) in [4.78, 5) is 10.8. The van der Waals surface area contributed by atoms with Crippen LogP contribution < -0.4 is 14.5 Å². The van der Waals surface area contributed by atoms with Gasteiger partial charge in [0.2, 0.25) is 0 Å². The quantitative estimate of drug-likeness (QED) is 0.173. The molecule has 10 bridgehead atoms. The number of nitrogens with zero attached hydrogens (tertiary/aromatic N) is 4. The summed E-state index contributed by atoms with van der Waals surface area (Å²) in [7, 11) is 0. The number of aromatic nitrogens is 2. The minimum Gasteiger partial charge on any atom is -0.457 e. The van der Waals surface area contributed by atoms with Crippen LogP contribution in [0.25, 0.3) is 83.4 Å². The van der Waals surface area contributed by atoms with E-state index in [2.05, 4.69) is 304 Å². The molecule has 0 atom stereocenters. The molecule has 2 aliphatic heterocycles. The first-order chi connectivity index (χ1) is 38.6. The molecule has 0 fully saturated rings. The molecule has 0 unspecified atom stereocenters. The maximum Gasteiger partial charge on any atom is 0.138 e. The van der Waals surface area contributed by atoms with E-state index < -0.39 is 0 Å². The molecule has 9 aromatic carbocycles. The number of ether oxygens (including phenoxy) is 1. The number of hydrogen-bond acceptors (Lipinski definition) is 4. The lowest BCUT2D eigenvalue weighted by molar-refractivity contribution is 0.479. The molecule has 81 heavy (non-hydrogen) atoms. The second-order valence-corrected chi connectivity index (χ2v) is 26.6. The lowest BCUT2D eigenvalue weighted by Crippen LogP contribution is -2.26. The minimum atomic E-state index is -0.188. The highest BCUT2D eigenvalue weighted by Gasteiger charge is 2.34. The van der Waals surface area contributed by atoms with Gasteiger partial charge in [0.05, 0.1) is 33.8 Å². The van der Waals surface area contributed by atoms with E-state index in [9.17, 15) is 0 Å². The SMILES string of the molecule is CC(C)(C)c1ccc(-c2ccc3c(c2)c2ccc4cc2n3-c2cc(C(C)(C)C)cc(n2)-c2cccc(c2)-c2ccccc2-c2cc(C(C)(C)C)cc(-c3ccccc3)c2N2CN(c3cc(cc(C(C)(C)C)c3)O4)c3ccccc32)cc1. The van der Waals surface area contributed by atoms with Gasteiger partial charge in [0.25, 0.3) is 0 Å². The highest BCUT2D eigenvalue weighted by Crippen LogP contribution is 2.53. The lowest BCUT2D eigenvalue weighted by Gasteiger charge is -2.31. The van der Waals surface area contributed by atoms with Gasteiger partial charge < -0.3 is 14.5 Å². The molecule has 0 aliphatic carbocycles. The molecule has 0 spiro atoms. The van der Waals surface area contributed by atoms with E-state index in [0.29, 0.717) is 6.67 Å². The minimum absolute atomic E-state index is 0.0649. The van der Waals surface area contributed by atoms with Crippen molar-refractivity contribution in [1.82, 2.24) is 9.55 Å². The predicted molar refractivity (Wildman–Crippen MR) is 343 cm³/mol. The Morgan fingerprint density at radius 1 is 0.358 bits per heavy atom. The first-order valence-corrected chi connectivity index (χ1v) is 28.8. The number of para-hydroxylation sites is 2. The smallest absolute Gasteiger partial charge is 0.138 e. The van der Waals surface area contributed by atoms with Crippen LogP contribution in [0.15, 0.2) is 206 Å². The molecule has 2 aliphatic rings. The van der Waals surface area contributed by atoms with E-state index in [1.54, 1.807) is 0 Å². The van der Waals surface area contributed by atoms with Crippen LogP contribution in [0.1, 0.15) is 105 Å². The van der Waals surface area contributed by atoms with Crippen LogP contribution in [-0.4, -0.2) is 16.2 Å². The highest BCUT2D eigenvalue weighted by molar-refractivity contribution is 6.11. The van der Waals surface area contributed by atoms with Gasteiger partial charge in [-0.3, -0.25) is 4.57 Å². The molecule has 0 radical (unpaired) electrons. The fraction of sp³-hybridized carbons (Fsp3) is 0.224. The number of hydrogen-bond donors (Lipinski definition) is 0. The van der Waals surface area contributed by atoms with Crippen molar-refractivity contribution in [3.05, 3.63) is 229 Å². The monoisotopic (exact) mass is 1060 g/mol. The standard InChI is InChI=1S/C76H72N4O/c1-73(2,3)53-32-29-48(30-33-53)50-31-36-67-64(38-50)62-35-34-58-46-70(62)80(67)71-44-56(76(10,11)12)43-66(77-71)52-24-20-23-51(37-52)60-25-16-17-26-61(60)65-42-55(75(7,8)9)41-63(49-21-14-13-15-22-49)72(65)79-47-78(68-27-18-19-28-69(68)79)57-39-54(74(4,5)6)40-59(45-57)81-58/h13-46H,47H2,1-12H3. The van der Waals surface area contributed by atoms with Crippen molar-refractivity contribution in [2.75, 3.05) is 16.5 Å². The Kier molecular flexibility index (Phi) is 12.1. The van der Waals surface area contributed by atoms with Gasteiger partial charge in [-0.25, -0.2) is 4.98 Å². The van der Waals surface area contributed by atoms with E-state index in [-0.39, 0.29) is 21.7 Å². The summed E-state index contributed by atoms with van der Waals surface area (Å²) >= 11 is 0. The van der Waals surface area contributed by atoms with Gasteiger partial charge in [-0.2, -0.15) is 0 Å². The van der Waals surface area contributed by atoms with Gasteiger partial charge in [-0.1, -0.05) is 198 Å². The molecule has 402 valence electrons. The van der Waals surface area contributed by atoms with Crippen LogP contribution in [0.3, 0.4) is 0 Å². The third kappa shape index (κ3) is 9.37. The summed E-state index contributed by atoms with van der Waals surface area (Å²) in [6.07, 6.45) is 0. The zero-order valence-corrected chi connectivity index (χ0v) is 49.0. The number of anilines is 4. The molecule has 11 aromatic rings. The average Bonchev–Trinajstić information content (AvgIpc) is 4.10. The molecular weight excluding hydrogens is 985 g/mol. The fourth-order valence-corrected chi connectivity index (χ4v) is 12.1. The second kappa shape index (κ2) is 19.0. The maximum absolute atomic E-state index is 7.24. The van der Waals surface area contributed by atoms with E-state index in [1.165, 1.54) is 61.3 Å². The fourth-order valence-electron chi connectivity index (χ4n) is 12.1. The van der Waals surface area contributed by atoms with Gasteiger partial charge in [-0.05, 0) is 156 Å². The first-order valence-electron chi connectivity index (χ1n) is 28.8. The molecule has 0 N–H and O–H groups in total. The van der Waals surface area contributed by atoms with Crippen LogP contribution in [0.4, 0.5) is 22.7 Å². The number of fused-ring (bicyclic) bond motifs is 23. The zero-order chi connectivity index (χ0) is 56.3. The van der Waals surface area contributed by atoms with Gasteiger partial charge >= 0.3 is 0 Å². The summed E-state index contributed by atoms with van der Waals surface area (Å²) in [5, 5.41) is 2.29. The molecule has 5 heteroatoms. The van der Waals surface area contributed by atoms with Crippen LogP contribution in [-0.2, 0) is 21.7 Å². The van der Waals surface area contributed by atoms with Crippen LogP contribution in [0.2, 0.25) is 0 Å². The molecule has 4 heterocycles. The van der Waals surface area contributed by atoms with Crippen LogP contribution in [0, 0.1) is 0 Å². The molecule has 13 rings (SSSR count). The molecular formula is C76H72N4O. The van der Waals surface area contributed by atoms with Crippen molar-refractivity contribution in [2.45, 2.75) is 105 Å². The summed E-state index contributed by atoms with van der Waals surface area (Å²) in [5.74, 6) is 2.40. The van der Waals surface area contributed by atoms with Crippen molar-refractivity contribution in [2.24, 2.45) is 0 Å². The first kappa shape index (κ1) is 51.7. The van der Waals surface area contributed by atoms with Crippen LogP contribution >= 0.6 is 0 Å². The van der Waals surface area contributed by atoms with Crippen molar-refractivity contribution in [3.63, 3.8) is 0 Å². The zero-order valence-electron chi connectivity index (χ0n) is 49.0. The average molecular weight is 1060 g/mol. The Balaban J connectivity index is 1.11. The van der Waals surface area contributed by atoms with E-state index in [4.69, 9.17) is 9.72 Å².